The molecule has 3 heteroatoms. The highest BCUT2D eigenvalue weighted by Crippen LogP contribution is 2.04. The largest absolute Gasteiger partial charge is 0.338 e. The van der Waals surface area contributed by atoms with Crippen molar-refractivity contribution in [1.29, 1.82) is 0 Å². The Morgan fingerprint density at radius 3 is 1.46 bits per heavy atom. The fraction of sp³-hybridized carbons (Fsp3) is 0.381. The molecule has 24 heavy (non-hydrogen) atoms. The number of benzene rings is 2. The molecule has 0 spiro atoms. The van der Waals surface area contributed by atoms with E-state index in [0.29, 0.717) is 0 Å². The SMILES string of the molecule is O=C(NCCCCc1ccccc1)NCCCCc1ccccc1. The highest BCUT2D eigenvalue weighted by molar-refractivity contribution is 5.73. The van der Waals surface area contributed by atoms with E-state index in [9.17, 15) is 4.79 Å². The topological polar surface area (TPSA) is 41.1 Å². The summed E-state index contributed by atoms with van der Waals surface area (Å²) in [6.07, 6.45) is 6.36. The molecule has 0 aliphatic heterocycles. The first-order chi connectivity index (χ1) is 11.8. The van der Waals surface area contributed by atoms with Crippen LogP contribution < -0.4 is 10.6 Å². The molecule has 2 N–H and O–H groups in total. The lowest BCUT2D eigenvalue weighted by Gasteiger charge is -2.08. The van der Waals surface area contributed by atoms with Gasteiger partial charge in [0.1, 0.15) is 0 Å². The fourth-order valence-electron chi connectivity index (χ4n) is 2.66. The number of carbonyl (C=O) groups is 1. The number of amides is 2. The number of carbonyl (C=O) groups excluding carboxylic acids is 1. The van der Waals surface area contributed by atoms with E-state index < -0.39 is 0 Å². The van der Waals surface area contributed by atoms with Crippen LogP contribution in [0.1, 0.15) is 36.8 Å². The second kappa shape index (κ2) is 11.3. The highest BCUT2D eigenvalue weighted by atomic mass is 16.2. The molecular weight excluding hydrogens is 296 g/mol. The van der Waals surface area contributed by atoms with Crippen LogP contribution in [0, 0.1) is 0 Å². The van der Waals surface area contributed by atoms with Gasteiger partial charge in [0.15, 0.2) is 0 Å². The Labute approximate surface area is 145 Å². The van der Waals surface area contributed by atoms with Gasteiger partial charge in [0, 0.05) is 13.1 Å². The average molecular weight is 324 g/mol. The second-order valence-electron chi connectivity index (χ2n) is 6.07. The Morgan fingerprint density at radius 2 is 1.04 bits per heavy atom. The normalized spacial score (nSPS) is 10.3. The van der Waals surface area contributed by atoms with Crippen molar-refractivity contribution in [3.63, 3.8) is 0 Å². The van der Waals surface area contributed by atoms with Gasteiger partial charge in [-0.1, -0.05) is 60.7 Å². The van der Waals surface area contributed by atoms with Gasteiger partial charge in [-0.05, 0) is 49.7 Å². The standard InChI is InChI=1S/C21H28N2O/c24-21(22-17-9-7-15-19-11-3-1-4-12-19)23-18-10-8-16-20-13-5-2-6-14-20/h1-6,11-14H,7-10,15-18H2,(H2,22,23,24). The number of unbranched alkanes of at least 4 members (excludes halogenated alkanes) is 2. The summed E-state index contributed by atoms with van der Waals surface area (Å²) in [5.74, 6) is 0. The van der Waals surface area contributed by atoms with Gasteiger partial charge in [-0.25, -0.2) is 4.79 Å². The average Bonchev–Trinajstić information content (AvgIpc) is 2.63. The van der Waals surface area contributed by atoms with Gasteiger partial charge in [0.05, 0.1) is 0 Å². The van der Waals surface area contributed by atoms with Crippen molar-refractivity contribution in [1.82, 2.24) is 10.6 Å². The summed E-state index contributed by atoms with van der Waals surface area (Å²) >= 11 is 0. The fourth-order valence-corrected chi connectivity index (χ4v) is 2.66. The number of hydrogen-bond donors (Lipinski definition) is 2. The lowest BCUT2D eigenvalue weighted by molar-refractivity contribution is 0.240. The Hall–Kier alpha value is -2.29. The van der Waals surface area contributed by atoms with Crippen LogP contribution in [0.25, 0.3) is 0 Å². The zero-order chi connectivity index (χ0) is 16.9. The second-order valence-corrected chi connectivity index (χ2v) is 6.07. The maximum absolute atomic E-state index is 11.7. The Morgan fingerprint density at radius 1 is 0.625 bits per heavy atom. The molecule has 0 saturated carbocycles. The third-order valence-corrected chi connectivity index (χ3v) is 4.04. The van der Waals surface area contributed by atoms with E-state index in [1.54, 1.807) is 0 Å². The zero-order valence-corrected chi connectivity index (χ0v) is 14.3. The van der Waals surface area contributed by atoms with E-state index in [2.05, 4.69) is 59.2 Å². The molecule has 3 nitrogen and oxygen atoms in total. The van der Waals surface area contributed by atoms with Crippen LogP contribution in [-0.2, 0) is 12.8 Å². The first-order valence-corrected chi connectivity index (χ1v) is 8.94. The minimum Gasteiger partial charge on any atom is -0.338 e. The van der Waals surface area contributed by atoms with Crippen LogP contribution >= 0.6 is 0 Å². The molecule has 2 amide bonds. The minimum absolute atomic E-state index is 0.0468. The molecule has 0 radical (unpaired) electrons. The third kappa shape index (κ3) is 7.82. The van der Waals surface area contributed by atoms with Gasteiger partial charge in [0.25, 0.3) is 0 Å². The van der Waals surface area contributed by atoms with Crippen molar-refractivity contribution >= 4 is 6.03 Å². The zero-order valence-electron chi connectivity index (χ0n) is 14.3. The molecule has 0 fully saturated rings. The highest BCUT2D eigenvalue weighted by Gasteiger charge is 1.99. The molecule has 0 heterocycles. The molecule has 2 rings (SSSR count). The summed E-state index contributed by atoms with van der Waals surface area (Å²) in [5.41, 5.74) is 2.72. The van der Waals surface area contributed by atoms with Crippen LogP contribution in [0.2, 0.25) is 0 Å². The lowest BCUT2D eigenvalue weighted by Crippen LogP contribution is -2.36. The van der Waals surface area contributed by atoms with E-state index in [-0.39, 0.29) is 6.03 Å². The molecule has 2 aromatic carbocycles. The van der Waals surface area contributed by atoms with E-state index in [1.165, 1.54) is 11.1 Å². The van der Waals surface area contributed by atoms with Crippen LogP contribution in [0.3, 0.4) is 0 Å². The summed E-state index contributed by atoms with van der Waals surface area (Å²) in [6.45, 7) is 1.48. The minimum atomic E-state index is -0.0468. The lowest BCUT2D eigenvalue weighted by atomic mass is 10.1. The molecule has 0 aliphatic carbocycles. The molecule has 0 saturated heterocycles. The summed E-state index contributed by atoms with van der Waals surface area (Å²) in [6, 6.07) is 20.9. The molecule has 128 valence electrons. The summed E-state index contributed by atoms with van der Waals surface area (Å²) < 4.78 is 0. The smallest absolute Gasteiger partial charge is 0.314 e. The van der Waals surface area contributed by atoms with Gasteiger partial charge < -0.3 is 10.6 Å². The van der Waals surface area contributed by atoms with Crippen LogP contribution in [0.5, 0.6) is 0 Å². The number of aryl methyl sites for hydroxylation is 2. The van der Waals surface area contributed by atoms with Gasteiger partial charge in [-0.15, -0.1) is 0 Å². The molecule has 0 unspecified atom stereocenters. The summed E-state index contributed by atoms with van der Waals surface area (Å²) in [5, 5.41) is 5.85. The van der Waals surface area contributed by atoms with E-state index >= 15 is 0 Å². The number of urea groups is 1. The molecule has 2 aromatic rings. The van der Waals surface area contributed by atoms with Crippen molar-refractivity contribution in [2.45, 2.75) is 38.5 Å². The van der Waals surface area contributed by atoms with Crippen molar-refractivity contribution in [2.75, 3.05) is 13.1 Å². The Bertz CT molecular complexity index is 517. The van der Waals surface area contributed by atoms with Crippen molar-refractivity contribution in [3.8, 4) is 0 Å². The Kier molecular flexibility index (Phi) is 8.48. The van der Waals surface area contributed by atoms with Crippen molar-refractivity contribution in [2.24, 2.45) is 0 Å². The van der Waals surface area contributed by atoms with Crippen LogP contribution in [0.15, 0.2) is 60.7 Å². The van der Waals surface area contributed by atoms with E-state index in [0.717, 1.165) is 51.6 Å². The summed E-state index contributed by atoms with van der Waals surface area (Å²) in [4.78, 5) is 11.7. The number of hydrogen-bond acceptors (Lipinski definition) is 1. The van der Waals surface area contributed by atoms with Gasteiger partial charge in [-0.3, -0.25) is 0 Å². The van der Waals surface area contributed by atoms with Gasteiger partial charge >= 0.3 is 6.03 Å². The molecule has 0 aromatic heterocycles. The van der Waals surface area contributed by atoms with Crippen molar-refractivity contribution < 1.29 is 4.79 Å². The molecular formula is C21H28N2O. The Balaban J connectivity index is 1.42. The third-order valence-electron chi connectivity index (χ3n) is 4.04. The molecule has 0 bridgehead atoms. The maximum Gasteiger partial charge on any atom is 0.314 e. The first kappa shape index (κ1) is 18.1. The molecule has 0 atom stereocenters. The van der Waals surface area contributed by atoms with Gasteiger partial charge in [-0.2, -0.15) is 0 Å². The number of nitrogens with one attached hydrogen (secondary N) is 2. The summed E-state index contributed by atoms with van der Waals surface area (Å²) in [7, 11) is 0. The first-order valence-electron chi connectivity index (χ1n) is 8.94. The number of rotatable bonds is 10. The van der Waals surface area contributed by atoms with Crippen LogP contribution in [-0.4, -0.2) is 19.1 Å². The van der Waals surface area contributed by atoms with E-state index in [1.807, 2.05) is 12.1 Å². The predicted molar refractivity (Wildman–Crippen MR) is 100 cm³/mol. The van der Waals surface area contributed by atoms with Gasteiger partial charge in [0.2, 0.25) is 0 Å². The van der Waals surface area contributed by atoms with Crippen LogP contribution in [0.4, 0.5) is 4.79 Å². The van der Waals surface area contributed by atoms with E-state index in [4.69, 9.17) is 0 Å². The quantitative estimate of drug-likeness (QED) is 0.627. The monoisotopic (exact) mass is 324 g/mol. The predicted octanol–water partition coefficient (Wildman–Crippen LogP) is 4.33. The van der Waals surface area contributed by atoms with Crippen molar-refractivity contribution in [3.05, 3.63) is 71.8 Å². The molecule has 0 aliphatic rings. The maximum atomic E-state index is 11.7.